The van der Waals surface area contributed by atoms with Crippen LogP contribution in [0.1, 0.15) is 11.1 Å². The third-order valence-electron chi connectivity index (χ3n) is 3.03. The molecule has 2 aromatic rings. The fourth-order valence-corrected chi connectivity index (χ4v) is 2.00. The third-order valence-corrected chi connectivity index (χ3v) is 3.03. The molecule has 0 spiro atoms. The van der Waals surface area contributed by atoms with Gasteiger partial charge in [0.2, 0.25) is 0 Å². The Bertz CT molecular complexity index is 575. The predicted octanol–water partition coefficient (Wildman–Crippen LogP) is 0.710. The first-order valence-electron chi connectivity index (χ1n) is 6.83. The molecular weight excluding hydrogens is 280 g/mol. The number of hydrogen-bond acceptors (Lipinski definition) is 4. The van der Waals surface area contributed by atoms with Crippen molar-refractivity contribution in [3.05, 3.63) is 71.8 Å². The van der Waals surface area contributed by atoms with Gasteiger partial charge in [0, 0.05) is 13.1 Å². The summed E-state index contributed by atoms with van der Waals surface area (Å²) < 4.78 is 0. The molecule has 4 N–H and O–H groups in total. The third kappa shape index (κ3) is 4.69. The van der Waals surface area contributed by atoms with Crippen LogP contribution in [0.3, 0.4) is 0 Å². The number of carbonyl (C=O) groups excluding carboxylic acids is 2. The van der Waals surface area contributed by atoms with Crippen LogP contribution in [0.15, 0.2) is 60.7 Å². The van der Waals surface area contributed by atoms with Gasteiger partial charge in [-0.1, -0.05) is 60.7 Å². The van der Waals surface area contributed by atoms with Gasteiger partial charge in [-0.05, 0) is 11.1 Å². The fraction of sp³-hybridized carbons (Fsp3) is 0.125. The van der Waals surface area contributed by atoms with Gasteiger partial charge in [-0.3, -0.25) is 20.4 Å². The monoisotopic (exact) mass is 298 g/mol. The van der Waals surface area contributed by atoms with E-state index in [1.807, 2.05) is 66.1 Å². The molecule has 0 atom stereocenters. The number of amides is 2. The summed E-state index contributed by atoms with van der Waals surface area (Å²) in [5.41, 5.74) is 6.43. The van der Waals surface area contributed by atoms with Crippen LogP contribution >= 0.6 is 0 Å². The van der Waals surface area contributed by atoms with Gasteiger partial charge in [-0.15, -0.1) is 0 Å². The first kappa shape index (κ1) is 15.7. The number of benzene rings is 2. The molecule has 0 saturated heterocycles. The van der Waals surface area contributed by atoms with Crippen molar-refractivity contribution in [3.63, 3.8) is 0 Å². The van der Waals surface area contributed by atoms with E-state index >= 15 is 0 Å². The van der Waals surface area contributed by atoms with Crippen molar-refractivity contribution in [1.82, 2.24) is 15.9 Å². The Kier molecular flexibility index (Phi) is 5.65. The predicted molar refractivity (Wildman–Crippen MR) is 82.6 cm³/mol. The first-order valence-corrected chi connectivity index (χ1v) is 6.83. The van der Waals surface area contributed by atoms with Crippen LogP contribution in [0.25, 0.3) is 0 Å². The quantitative estimate of drug-likeness (QED) is 0.328. The second-order valence-electron chi connectivity index (χ2n) is 4.74. The molecule has 22 heavy (non-hydrogen) atoms. The van der Waals surface area contributed by atoms with Crippen LogP contribution in [0.4, 0.5) is 0 Å². The van der Waals surface area contributed by atoms with E-state index in [2.05, 4.69) is 5.43 Å². The van der Waals surface area contributed by atoms with Crippen molar-refractivity contribution >= 4 is 11.8 Å². The van der Waals surface area contributed by atoms with Crippen molar-refractivity contribution in [2.24, 2.45) is 5.84 Å². The SMILES string of the molecule is NNC(=O)C(=O)NN(Cc1ccccc1)Cc1ccccc1. The molecule has 2 rings (SSSR count). The smallest absolute Gasteiger partial charge is 0.286 e. The summed E-state index contributed by atoms with van der Waals surface area (Å²) in [4.78, 5) is 23.0. The Morgan fingerprint density at radius 3 is 1.68 bits per heavy atom. The molecule has 0 fully saturated rings. The zero-order chi connectivity index (χ0) is 15.8. The topological polar surface area (TPSA) is 87.5 Å². The maximum atomic E-state index is 11.7. The highest BCUT2D eigenvalue weighted by Gasteiger charge is 2.16. The maximum absolute atomic E-state index is 11.7. The molecule has 0 saturated carbocycles. The summed E-state index contributed by atoms with van der Waals surface area (Å²) in [6, 6.07) is 19.3. The van der Waals surface area contributed by atoms with E-state index in [0.717, 1.165) is 11.1 Å². The van der Waals surface area contributed by atoms with E-state index in [-0.39, 0.29) is 0 Å². The summed E-state index contributed by atoms with van der Waals surface area (Å²) in [5, 5.41) is 1.67. The molecule has 0 aliphatic carbocycles. The minimum absolute atomic E-state index is 0.472. The lowest BCUT2D eigenvalue weighted by Gasteiger charge is -2.23. The van der Waals surface area contributed by atoms with E-state index in [9.17, 15) is 9.59 Å². The number of nitrogens with two attached hydrogens (primary N) is 1. The lowest BCUT2D eigenvalue weighted by atomic mass is 10.2. The molecule has 114 valence electrons. The van der Waals surface area contributed by atoms with Gasteiger partial charge >= 0.3 is 11.8 Å². The van der Waals surface area contributed by atoms with Crippen molar-refractivity contribution in [3.8, 4) is 0 Å². The van der Waals surface area contributed by atoms with Crippen LogP contribution < -0.4 is 16.7 Å². The second kappa shape index (κ2) is 7.92. The Balaban J connectivity index is 2.09. The van der Waals surface area contributed by atoms with Gasteiger partial charge in [0.25, 0.3) is 0 Å². The number of nitrogens with one attached hydrogen (secondary N) is 2. The molecule has 6 nitrogen and oxygen atoms in total. The highest BCUT2D eigenvalue weighted by Crippen LogP contribution is 2.07. The van der Waals surface area contributed by atoms with Crippen molar-refractivity contribution in [2.75, 3.05) is 0 Å². The van der Waals surface area contributed by atoms with Crippen LogP contribution in [0, 0.1) is 0 Å². The Hall–Kier alpha value is -2.70. The zero-order valence-corrected chi connectivity index (χ0v) is 12.0. The maximum Gasteiger partial charge on any atom is 0.324 e. The number of nitrogens with zero attached hydrogens (tertiary/aromatic N) is 1. The van der Waals surface area contributed by atoms with Crippen LogP contribution in [-0.4, -0.2) is 16.8 Å². The molecular formula is C16H18N4O2. The molecule has 0 aliphatic rings. The van der Waals surface area contributed by atoms with Crippen LogP contribution in [0.2, 0.25) is 0 Å². The largest absolute Gasteiger partial charge is 0.324 e. The minimum Gasteiger partial charge on any atom is -0.286 e. The highest BCUT2D eigenvalue weighted by molar-refractivity contribution is 6.34. The molecule has 0 aliphatic heterocycles. The molecule has 2 amide bonds. The lowest BCUT2D eigenvalue weighted by molar-refractivity contribution is -0.142. The number of rotatable bonds is 5. The second-order valence-corrected chi connectivity index (χ2v) is 4.74. The summed E-state index contributed by atoms with van der Waals surface area (Å²) in [6.07, 6.45) is 0. The van der Waals surface area contributed by atoms with Gasteiger partial charge in [0.15, 0.2) is 0 Å². The Morgan fingerprint density at radius 1 is 0.818 bits per heavy atom. The van der Waals surface area contributed by atoms with Crippen LogP contribution in [-0.2, 0) is 22.7 Å². The van der Waals surface area contributed by atoms with E-state index in [1.54, 1.807) is 5.01 Å². The summed E-state index contributed by atoms with van der Waals surface area (Å²) >= 11 is 0. The summed E-state index contributed by atoms with van der Waals surface area (Å²) in [7, 11) is 0. The minimum atomic E-state index is -0.883. The van der Waals surface area contributed by atoms with E-state index in [1.165, 1.54) is 0 Å². The van der Waals surface area contributed by atoms with Crippen molar-refractivity contribution < 1.29 is 9.59 Å². The lowest BCUT2D eigenvalue weighted by Crippen LogP contribution is -2.49. The number of hydrogen-bond donors (Lipinski definition) is 3. The molecule has 0 bridgehead atoms. The summed E-state index contributed by atoms with van der Waals surface area (Å²) in [5.74, 6) is 3.29. The number of carbonyl (C=O) groups is 2. The van der Waals surface area contributed by atoms with Gasteiger partial charge in [0.05, 0.1) is 0 Å². The average Bonchev–Trinajstić information content (AvgIpc) is 2.55. The molecule has 2 aromatic carbocycles. The van der Waals surface area contributed by atoms with Crippen LogP contribution in [0.5, 0.6) is 0 Å². The zero-order valence-electron chi connectivity index (χ0n) is 12.0. The Morgan fingerprint density at radius 2 is 1.27 bits per heavy atom. The van der Waals surface area contributed by atoms with E-state index in [0.29, 0.717) is 13.1 Å². The van der Waals surface area contributed by atoms with Crippen molar-refractivity contribution in [2.45, 2.75) is 13.1 Å². The first-order chi connectivity index (χ1) is 10.7. The number of hydrazine groups is 2. The fourth-order valence-electron chi connectivity index (χ4n) is 2.00. The molecule has 6 heteroatoms. The highest BCUT2D eigenvalue weighted by atomic mass is 16.2. The summed E-state index contributed by atoms with van der Waals surface area (Å²) in [6.45, 7) is 0.943. The van der Waals surface area contributed by atoms with E-state index < -0.39 is 11.8 Å². The normalized spacial score (nSPS) is 10.3. The molecule has 0 unspecified atom stereocenters. The van der Waals surface area contributed by atoms with Gasteiger partial charge in [-0.2, -0.15) is 0 Å². The van der Waals surface area contributed by atoms with Gasteiger partial charge < -0.3 is 0 Å². The van der Waals surface area contributed by atoms with Gasteiger partial charge in [-0.25, -0.2) is 10.9 Å². The van der Waals surface area contributed by atoms with Crippen molar-refractivity contribution in [1.29, 1.82) is 0 Å². The Labute approximate surface area is 128 Å². The molecule has 0 heterocycles. The molecule has 0 aromatic heterocycles. The molecule has 0 radical (unpaired) electrons. The van der Waals surface area contributed by atoms with E-state index in [4.69, 9.17) is 5.84 Å². The van der Waals surface area contributed by atoms with Gasteiger partial charge in [0.1, 0.15) is 0 Å². The average molecular weight is 298 g/mol. The standard InChI is InChI=1S/C16H18N4O2/c17-18-15(21)16(22)19-20(11-13-7-3-1-4-8-13)12-14-9-5-2-6-10-14/h1-10H,11-12,17H2,(H,18,21)(H,19,22).